The molecule has 5 rings (SSSR count). The summed E-state index contributed by atoms with van der Waals surface area (Å²) in [6.07, 6.45) is 9.58. The van der Waals surface area contributed by atoms with Crippen molar-refractivity contribution in [2.75, 3.05) is 20.6 Å². The minimum atomic E-state index is -0.591. The van der Waals surface area contributed by atoms with Crippen molar-refractivity contribution < 1.29 is 14.7 Å². The van der Waals surface area contributed by atoms with Crippen LogP contribution in [0.5, 0.6) is 0 Å². The molecule has 1 aromatic rings. The number of nitrogens with zero attached hydrogens (tertiary/aromatic N) is 3. The molecular weight excluding hydrogens is 456 g/mol. The molecule has 4 aliphatic rings. The average molecular weight is 495 g/mol. The highest BCUT2D eigenvalue weighted by Crippen LogP contribution is 2.47. The maximum absolute atomic E-state index is 12.4. The van der Waals surface area contributed by atoms with E-state index in [1.807, 2.05) is 0 Å². The second-order valence-corrected chi connectivity index (χ2v) is 11.2. The van der Waals surface area contributed by atoms with Gasteiger partial charge in [0.05, 0.1) is 24.6 Å². The van der Waals surface area contributed by atoms with Crippen LogP contribution in [0.1, 0.15) is 63.4 Å². The van der Waals surface area contributed by atoms with Crippen LogP contribution < -0.4 is 16.2 Å². The summed E-state index contributed by atoms with van der Waals surface area (Å²) >= 11 is 0. The summed E-state index contributed by atoms with van der Waals surface area (Å²) in [6, 6.07) is 10.6. The van der Waals surface area contributed by atoms with Crippen molar-refractivity contribution in [1.29, 1.82) is 0 Å². The summed E-state index contributed by atoms with van der Waals surface area (Å²) in [6.45, 7) is 0.277. The maximum atomic E-state index is 12.4. The molecule has 2 saturated carbocycles. The first-order valence-corrected chi connectivity index (χ1v) is 13.1. The van der Waals surface area contributed by atoms with Crippen LogP contribution in [0.3, 0.4) is 0 Å². The first-order chi connectivity index (χ1) is 17.3. The molecule has 1 spiro atoms. The van der Waals surface area contributed by atoms with Crippen molar-refractivity contribution in [3.63, 3.8) is 0 Å². The third-order valence-corrected chi connectivity index (χ3v) is 8.83. The molecule has 4 N–H and O–H groups in total. The largest absolute Gasteiger partial charge is 0.480 e. The van der Waals surface area contributed by atoms with Crippen molar-refractivity contribution in [1.82, 2.24) is 26.0 Å². The molecule has 0 bridgehead atoms. The zero-order valence-corrected chi connectivity index (χ0v) is 21.3. The van der Waals surface area contributed by atoms with Crippen molar-refractivity contribution >= 4 is 17.7 Å². The van der Waals surface area contributed by atoms with E-state index >= 15 is 0 Å². The van der Waals surface area contributed by atoms with E-state index in [0.717, 1.165) is 51.4 Å². The van der Waals surface area contributed by atoms with Crippen LogP contribution in [0.2, 0.25) is 0 Å². The lowest BCUT2D eigenvalue weighted by molar-refractivity contribution is -0.138. The van der Waals surface area contributed by atoms with Gasteiger partial charge in [-0.3, -0.25) is 14.5 Å². The summed E-state index contributed by atoms with van der Waals surface area (Å²) in [5.41, 5.74) is 8.70. The number of nitrogens with one attached hydrogen (secondary N) is 3. The molecule has 2 heterocycles. The van der Waals surface area contributed by atoms with E-state index in [0.29, 0.717) is 18.0 Å². The van der Waals surface area contributed by atoms with Gasteiger partial charge in [-0.05, 0) is 64.1 Å². The summed E-state index contributed by atoms with van der Waals surface area (Å²) < 4.78 is 0. The Hall–Kier alpha value is -2.75. The Labute approximate surface area is 213 Å². The van der Waals surface area contributed by atoms with E-state index in [4.69, 9.17) is 0 Å². The van der Waals surface area contributed by atoms with Crippen molar-refractivity contribution in [3.05, 3.63) is 47.8 Å². The zero-order valence-electron chi connectivity index (χ0n) is 21.3. The van der Waals surface area contributed by atoms with E-state index in [2.05, 4.69) is 70.5 Å². The van der Waals surface area contributed by atoms with Gasteiger partial charge in [-0.2, -0.15) is 0 Å². The number of carbonyl (C=O) groups is 2. The maximum Gasteiger partial charge on any atom is 0.291 e. The topological polar surface area (TPSA) is 109 Å². The fourth-order valence-corrected chi connectivity index (χ4v) is 6.20. The molecule has 9 heteroatoms. The number of carbonyl (C=O) groups excluding carboxylic acids is 2. The molecule has 1 aromatic carbocycles. The van der Waals surface area contributed by atoms with Crippen LogP contribution >= 0.6 is 0 Å². The second-order valence-electron chi connectivity index (χ2n) is 11.2. The molecule has 1 amide bonds. The number of ketones is 1. The normalized spacial score (nSPS) is 30.6. The van der Waals surface area contributed by atoms with E-state index < -0.39 is 5.91 Å². The number of hydrogen-bond acceptors (Lipinski definition) is 7. The Morgan fingerprint density at radius 3 is 2.53 bits per heavy atom. The summed E-state index contributed by atoms with van der Waals surface area (Å²) in [5.74, 6) is -0.627. The highest BCUT2D eigenvalue weighted by molar-refractivity contribution is 6.36. The first-order valence-electron chi connectivity index (χ1n) is 13.1. The van der Waals surface area contributed by atoms with E-state index in [1.165, 1.54) is 11.8 Å². The van der Waals surface area contributed by atoms with Gasteiger partial charge >= 0.3 is 0 Å². The van der Waals surface area contributed by atoms with Gasteiger partial charge in [-0.15, -0.1) is 0 Å². The molecule has 3 fully saturated rings. The Balaban J connectivity index is 1.19. The lowest BCUT2D eigenvalue weighted by Gasteiger charge is -2.49. The number of amides is 1. The number of amidine groups is 1. The smallest absolute Gasteiger partial charge is 0.291 e. The first kappa shape index (κ1) is 24.9. The van der Waals surface area contributed by atoms with Gasteiger partial charge in [0.2, 0.25) is 5.78 Å². The molecule has 0 aromatic heterocycles. The number of benzene rings is 1. The highest BCUT2D eigenvalue weighted by atomic mass is 16.3. The fraction of sp³-hybridized carbons (Fsp3) is 0.593. The molecule has 0 radical (unpaired) electrons. The van der Waals surface area contributed by atoms with Crippen LogP contribution in [-0.4, -0.2) is 65.0 Å². The fourth-order valence-electron chi connectivity index (χ4n) is 6.20. The summed E-state index contributed by atoms with van der Waals surface area (Å²) in [4.78, 5) is 32.9. The lowest BCUT2D eigenvalue weighted by Crippen LogP contribution is -2.53. The minimum Gasteiger partial charge on any atom is -0.480 e. The Morgan fingerprint density at radius 1 is 1.17 bits per heavy atom. The van der Waals surface area contributed by atoms with Crippen molar-refractivity contribution in [2.45, 2.75) is 75.0 Å². The van der Waals surface area contributed by atoms with Gasteiger partial charge in [0.1, 0.15) is 0 Å². The monoisotopic (exact) mass is 494 g/mol. The molecule has 36 heavy (non-hydrogen) atoms. The van der Waals surface area contributed by atoms with Gasteiger partial charge in [0.15, 0.2) is 0 Å². The third kappa shape index (κ3) is 4.79. The van der Waals surface area contributed by atoms with Crippen LogP contribution in [0.15, 0.2) is 47.2 Å². The number of aliphatic hydroxyl groups is 1. The summed E-state index contributed by atoms with van der Waals surface area (Å²) in [7, 11) is 4.32. The standard InChI is InChI=1S/C27H38N6O3/c1-32(2)27(20-9-4-3-5-10-20)13-11-26(12-14-27)16-23(30-31-26)33-18-21(17-28-25(33)36)29-24(35)22(34)15-19-7-6-8-19/h3-5,9-10,17,19,23,30-31H,6-8,11-16,18H2,1-2H3,(H,28,36)(H,29,35)/t23-,26?,27?/m1/s1. The van der Waals surface area contributed by atoms with Crippen LogP contribution in [0.4, 0.5) is 0 Å². The lowest BCUT2D eigenvalue weighted by atomic mass is 9.68. The molecule has 194 valence electrons. The number of aliphatic imine (C=N–C) groups is 1. The Kier molecular flexibility index (Phi) is 6.89. The van der Waals surface area contributed by atoms with Gasteiger partial charge in [0, 0.05) is 23.9 Å². The van der Waals surface area contributed by atoms with Crippen molar-refractivity contribution in [3.8, 4) is 0 Å². The zero-order chi connectivity index (χ0) is 25.3. The van der Waals surface area contributed by atoms with Gasteiger partial charge < -0.3 is 15.3 Å². The Bertz CT molecular complexity index is 1040. The third-order valence-electron chi connectivity index (χ3n) is 8.83. The van der Waals surface area contributed by atoms with Crippen LogP contribution in [0.25, 0.3) is 0 Å². The van der Waals surface area contributed by atoms with Crippen LogP contribution in [-0.2, 0) is 15.1 Å². The van der Waals surface area contributed by atoms with E-state index in [1.54, 1.807) is 4.90 Å². The summed E-state index contributed by atoms with van der Waals surface area (Å²) in [5, 5.41) is 13.2. The van der Waals surface area contributed by atoms with Gasteiger partial charge in [-0.1, -0.05) is 36.8 Å². The molecule has 2 aliphatic carbocycles. The molecule has 2 aliphatic heterocycles. The second kappa shape index (κ2) is 9.95. The quantitative estimate of drug-likeness (QED) is 0.431. The number of hydrazine groups is 1. The molecule has 0 unspecified atom stereocenters. The minimum absolute atomic E-state index is 0.00715. The molecule has 1 saturated heterocycles. The van der Waals surface area contributed by atoms with Crippen LogP contribution in [0, 0.1) is 5.92 Å². The molecular formula is C27H38N6O3. The highest BCUT2D eigenvalue weighted by Gasteiger charge is 2.49. The predicted molar refractivity (Wildman–Crippen MR) is 138 cm³/mol. The number of aliphatic hydroxyl groups excluding tert-OH is 1. The predicted octanol–water partition coefficient (Wildman–Crippen LogP) is 2.53. The number of rotatable bonds is 7. The number of hydrogen-bond donors (Lipinski definition) is 4. The van der Waals surface area contributed by atoms with Crippen molar-refractivity contribution in [2.24, 2.45) is 10.9 Å². The average Bonchev–Trinajstić information content (AvgIpc) is 3.26. The van der Waals surface area contributed by atoms with E-state index in [9.17, 15) is 14.7 Å². The van der Waals surface area contributed by atoms with Gasteiger partial charge in [0.25, 0.3) is 11.9 Å². The number of Topliss-reactive ketones (excluding diaryl/α,β-unsaturated/α-hetero) is 1. The molecule has 1 atom stereocenters. The van der Waals surface area contributed by atoms with E-state index in [-0.39, 0.29) is 35.6 Å². The molecule has 9 nitrogen and oxygen atoms in total. The SMILES string of the molecule is CN(C)C1(c2ccccc2)CCC2(CC1)C[C@@H](N1CC(NC(=O)C(=O)CC3CCC3)=CN=C1O)NN2. The Morgan fingerprint density at radius 2 is 1.89 bits per heavy atom. The van der Waals surface area contributed by atoms with Gasteiger partial charge in [-0.25, -0.2) is 15.8 Å².